The highest BCUT2D eigenvalue weighted by Crippen LogP contribution is 1.97. The third-order valence-electron chi connectivity index (χ3n) is 1.67. The van der Waals surface area contributed by atoms with Crippen molar-refractivity contribution in [3.8, 4) is 6.07 Å². The molecule has 0 spiro atoms. The van der Waals surface area contributed by atoms with E-state index in [4.69, 9.17) is 11.0 Å². The van der Waals surface area contributed by atoms with Gasteiger partial charge in [-0.1, -0.05) is 6.42 Å². The van der Waals surface area contributed by atoms with Gasteiger partial charge in [0.05, 0.1) is 12.5 Å². The van der Waals surface area contributed by atoms with Crippen molar-refractivity contribution in [1.82, 2.24) is 5.32 Å². The van der Waals surface area contributed by atoms with Crippen molar-refractivity contribution in [1.29, 1.82) is 5.26 Å². The molecule has 0 aliphatic heterocycles. The van der Waals surface area contributed by atoms with Gasteiger partial charge in [0.25, 0.3) is 0 Å². The van der Waals surface area contributed by atoms with E-state index in [2.05, 4.69) is 5.32 Å². The normalized spacial score (nSPS) is 9.23. The number of nitriles is 1. The Balaban J connectivity index is 3.16. The second-order valence-corrected chi connectivity index (χ2v) is 2.86. The summed E-state index contributed by atoms with van der Waals surface area (Å²) >= 11 is 0. The van der Waals surface area contributed by atoms with Crippen molar-refractivity contribution < 1.29 is 4.79 Å². The molecule has 0 saturated heterocycles. The number of nitrogens with one attached hydrogen (secondary N) is 1. The van der Waals surface area contributed by atoms with Crippen molar-refractivity contribution in [2.75, 3.05) is 13.1 Å². The smallest absolute Gasteiger partial charge is 0.220 e. The maximum atomic E-state index is 11.0. The van der Waals surface area contributed by atoms with E-state index in [0.717, 1.165) is 19.3 Å². The second kappa shape index (κ2) is 9.01. The average Bonchev–Trinajstić information content (AvgIpc) is 2.13. The molecule has 0 saturated carbocycles. The van der Waals surface area contributed by atoms with Crippen LogP contribution in [0, 0.1) is 11.3 Å². The van der Waals surface area contributed by atoms with Gasteiger partial charge >= 0.3 is 0 Å². The lowest BCUT2D eigenvalue weighted by molar-refractivity contribution is -0.121. The second-order valence-electron chi connectivity index (χ2n) is 2.86. The molecule has 4 nitrogen and oxygen atoms in total. The fourth-order valence-corrected chi connectivity index (χ4v) is 0.953. The Hall–Kier alpha value is -1.08. The molecule has 13 heavy (non-hydrogen) atoms. The molecule has 0 rings (SSSR count). The highest BCUT2D eigenvalue weighted by molar-refractivity contribution is 5.75. The molecule has 0 bridgehead atoms. The predicted octanol–water partition coefficient (Wildman–Crippen LogP) is 0.535. The molecule has 3 N–H and O–H groups in total. The van der Waals surface area contributed by atoms with Crippen molar-refractivity contribution in [2.45, 2.75) is 32.1 Å². The van der Waals surface area contributed by atoms with Gasteiger partial charge in [-0.2, -0.15) is 5.26 Å². The molecule has 74 valence electrons. The Morgan fingerprint density at radius 2 is 2.15 bits per heavy atom. The Bertz CT molecular complexity index is 174. The van der Waals surface area contributed by atoms with Crippen molar-refractivity contribution in [3.63, 3.8) is 0 Å². The number of hydrogen-bond acceptors (Lipinski definition) is 3. The molecule has 0 aromatic heterocycles. The number of hydrogen-bond donors (Lipinski definition) is 2. The average molecular weight is 183 g/mol. The van der Waals surface area contributed by atoms with Crippen LogP contribution in [-0.4, -0.2) is 19.0 Å². The van der Waals surface area contributed by atoms with Crippen molar-refractivity contribution in [2.24, 2.45) is 5.73 Å². The lowest BCUT2D eigenvalue weighted by Gasteiger charge is -2.01. The molecule has 0 atom stereocenters. The summed E-state index contributed by atoms with van der Waals surface area (Å²) in [5.74, 6) is 0.0345. The predicted molar refractivity (Wildman–Crippen MR) is 50.8 cm³/mol. The first kappa shape index (κ1) is 11.9. The van der Waals surface area contributed by atoms with Crippen LogP contribution in [0.4, 0.5) is 0 Å². The lowest BCUT2D eigenvalue weighted by atomic mass is 10.2. The summed E-state index contributed by atoms with van der Waals surface area (Å²) in [7, 11) is 0. The molecule has 0 aromatic carbocycles. The van der Waals surface area contributed by atoms with Crippen LogP contribution in [0.3, 0.4) is 0 Å². The van der Waals surface area contributed by atoms with E-state index in [-0.39, 0.29) is 5.91 Å². The Labute approximate surface area is 79.1 Å². The minimum absolute atomic E-state index is 0.0345. The summed E-state index contributed by atoms with van der Waals surface area (Å²) in [6.07, 6.45) is 3.79. The maximum absolute atomic E-state index is 11.0. The molecule has 0 aromatic rings. The van der Waals surface area contributed by atoms with Crippen LogP contribution in [0.2, 0.25) is 0 Å². The summed E-state index contributed by atoms with van der Waals surface area (Å²) in [5.41, 5.74) is 5.31. The highest BCUT2D eigenvalue weighted by Gasteiger charge is 1.98. The van der Waals surface area contributed by atoms with Gasteiger partial charge in [0, 0.05) is 13.0 Å². The zero-order valence-electron chi connectivity index (χ0n) is 7.88. The van der Waals surface area contributed by atoms with Gasteiger partial charge in [0.15, 0.2) is 0 Å². The van der Waals surface area contributed by atoms with Gasteiger partial charge in [0.2, 0.25) is 5.91 Å². The third-order valence-corrected chi connectivity index (χ3v) is 1.67. The molecular formula is C9H17N3O. The van der Waals surface area contributed by atoms with Gasteiger partial charge in [-0.05, 0) is 19.4 Å². The monoisotopic (exact) mass is 183 g/mol. The first-order chi connectivity index (χ1) is 6.31. The van der Waals surface area contributed by atoms with Gasteiger partial charge < -0.3 is 11.1 Å². The van der Waals surface area contributed by atoms with Crippen LogP contribution in [0.25, 0.3) is 0 Å². The molecule has 0 heterocycles. The summed E-state index contributed by atoms with van der Waals surface area (Å²) in [6, 6.07) is 1.97. The van der Waals surface area contributed by atoms with Crippen LogP contribution in [0.5, 0.6) is 0 Å². The Morgan fingerprint density at radius 3 is 2.77 bits per heavy atom. The molecule has 0 fully saturated rings. The quantitative estimate of drug-likeness (QED) is 0.565. The SMILES string of the molecule is N#CCCNC(=O)CCCCCN. The van der Waals surface area contributed by atoms with E-state index >= 15 is 0 Å². The zero-order chi connectivity index (χ0) is 9.94. The van der Waals surface area contributed by atoms with E-state index in [1.165, 1.54) is 0 Å². The van der Waals surface area contributed by atoms with E-state index in [9.17, 15) is 4.79 Å². The largest absolute Gasteiger partial charge is 0.355 e. The molecular weight excluding hydrogens is 166 g/mol. The number of nitrogens with zero attached hydrogens (tertiary/aromatic N) is 1. The lowest BCUT2D eigenvalue weighted by Crippen LogP contribution is -2.23. The van der Waals surface area contributed by atoms with E-state index < -0.39 is 0 Å². The van der Waals surface area contributed by atoms with E-state index in [1.54, 1.807) is 0 Å². The summed E-state index contributed by atoms with van der Waals surface area (Å²) in [5, 5.41) is 10.9. The number of amides is 1. The van der Waals surface area contributed by atoms with Crippen LogP contribution in [0.1, 0.15) is 32.1 Å². The summed E-state index contributed by atoms with van der Waals surface area (Å²) < 4.78 is 0. The number of carbonyl (C=O) groups is 1. The van der Waals surface area contributed by atoms with Gasteiger partial charge in [0.1, 0.15) is 0 Å². The van der Waals surface area contributed by atoms with Crippen LogP contribution in [0.15, 0.2) is 0 Å². The van der Waals surface area contributed by atoms with Crippen LogP contribution < -0.4 is 11.1 Å². The minimum Gasteiger partial charge on any atom is -0.355 e. The van der Waals surface area contributed by atoms with Crippen molar-refractivity contribution in [3.05, 3.63) is 0 Å². The number of rotatable bonds is 7. The Morgan fingerprint density at radius 1 is 1.38 bits per heavy atom. The summed E-state index contributed by atoms with van der Waals surface area (Å²) in [4.78, 5) is 11.0. The first-order valence-corrected chi connectivity index (χ1v) is 4.65. The van der Waals surface area contributed by atoms with Crippen LogP contribution >= 0.6 is 0 Å². The number of carbonyl (C=O) groups excluding carboxylic acids is 1. The topological polar surface area (TPSA) is 78.9 Å². The molecule has 4 heteroatoms. The standard InChI is InChI=1S/C9H17N3O/c10-6-3-1-2-5-9(13)12-8-4-7-11/h1-6,8,10H2,(H,12,13). The van der Waals surface area contributed by atoms with Crippen molar-refractivity contribution >= 4 is 5.91 Å². The number of nitrogens with two attached hydrogens (primary N) is 1. The van der Waals surface area contributed by atoms with Gasteiger partial charge in [-0.25, -0.2) is 0 Å². The first-order valence-electron chi connectivity index (χ1n) is 4.65. The Kier molecular flexibility index (Phi) is 8.26. The minimum atomic E-state index is 0.0345. The van der Waals surface area contributed by atoms with Gasteiger partial charge in [-0.3, -0.25) is 4.79 Å². The molecule has 0 aliphatic carbocycles. The zero-order valence-corrected chi connectivity index (χ0v) is 7.88. The summed E-state index contributed by atoms with van der Waals surface area (Å²) in [6.45, 7) is 1.16. The fourth-order valence-electron chi connectivity index (χ4n) is 0.953. The fraction of sp³-hybridized carbons (Fsp3) is 0.778. The molecule has 1 amide bonds. The van der Waals surface area contributed by atoms with E-state index in [1.807, 2.05) is 6.07 Å². The third kappa shape index (κ3) is 8.83. The molecule has 0 aliphatic rings. The molecule has 0 unspecified atom stereocenters. The molecule has 0 radical (unpaired) electrons. The van der Waals surface area contributed by atoms with Gasteiger partial charge in [-0.15, -0.1) is 0 Å². The van der Waals surface area contributed by atoms with Crippen LogP contribution in [-0.2, 0) is 4.79 Å². The maximum Gasteiger partial charge on any atom is 0.220 e. The number of unbranched alkanes of at least 4 members (excludes halogenated alkanes) is 2. The highest BCUT2D eigenvalue weighted by atomic mass is 16.1. The van der Waals surface area contributed by atoms with E-state index in [0.29, 0.717) is 25.9 Å².